The highest BCUT2D eigenvalue weighted by Crippen LogP contribution is 2.39. The first-order chi connectivity index (χ1) is 13.2. The number of halogens is 4. The number of nitrogens with zero attached hydrogens (tertiary/aromatic N) is 1. The molecule has 1 unspecified atom stereocenters. The second-order valence-corrected chi connectivity index (χ2v) is 7.53. The van der Waals surface area contributed by atoms with Gasteiger partial charge >= 0.3 is 5.69 Å². The number of hydrogen-bond donors (Lipinski definition) is 2. The van der Waals surface area contributed by atoms with Crippen LogP contribution in [0, 0.1) is 17.6 Å². The third-order valence-corrected chi connectivity index (χ3v) is 5.67. The Balaban J connectivity index is 1.64. The zero-order chi connectivity index (χ0) is 20.1. The summed E-state index contributed by atoms with van der Waals surface area (Å²) in [6, 6.07) is 2.36. The lowest BCUT2D eigenvalue weighted by Crippen LogP contribution is -2.43. The molecule has 0 radical (unpaired) electrons. The largest absolute Gasteiger partial charge is 0.368 e. The van der Waals surface area contributed by atoms with E-state index in [2.05, 4.69) is 10.3 Å². The van der Waals surface area contributed by atoms with Crippen LogP contribution in [-0.2, 0) is 6.42 Å². The van der Waals surface area contributed by atoms with Crippen LogP contribution in [-0.4, -0.2) is 21.5 Å². The first-order valence-corrected chi connectivity index (χ1v) is 9.22. The summed E-state index contributed by atoms with van der Waals surface area (Å²) in [6.45, 7) is 0. The van der Waals surface area contributed by atoms with Crippen LogP contribution >= 0.6 is 0 Å². The van der Waals surface area contributed by atoms with E-state index >= 15 is 0 Å². The van der Waals surface area contributed by atoms with Crippen molar-refractivity contribution in [3.8, 4) is 5.69 Å². The van der Waals surface area contributed by atoms with Crippen molar-refractivity contribution >= 4 is 5.82 Å². The van der Waals surface area contributed by atoms with Gasteiger partial charge in [-0.05, 0) is 43.7 Å². The summed E-state index contributed by atoms with van der Waals surface area (Å²) < 4.78 is 54.5. The molecule has 2 aliphatic rings. The Morgan fingerprint density at radius 1 is 1.00 bits per heavy atom. The molecule has 1 saturated carbocycles. The molecule has 1 atom stereocenters. The lowest BCUT2D eigenvalue weighted by molar-refractivity contribution is -0.0478. The first kappa shape index (κ1) is 18.8. The van der Waals surface area contributed by atoms with Gasteiger partial charge in [-0.1, -0.05) is 0 Å². The second-order valence-electron chi connectivity index (χ2n) is 7.53. The number of benzene rings is 1. The Kier molecular flexibility index (Phi) is 4.55. The van der Waals surface area contributed by atoms with Gasteiger partial charge in [-0.15, -0.1) is 0 Å². The maximum absolute atomic E-state index is 13.5. The highest BCUT2D eigenvalue weighted by atomic mass is 19.3. The lowest BCUT2D eigenvalue weighted by Gasteiger charge is -2.37. The summed E-state index contributed by atoms with van der Waals surface area (Å²) in [6.07, 6.45) is 1.33. The van der Waals surface area contributed by atoms with Gasteiger partial charge in [0, 0.05) is 24.9 Å². The Labute approximate surface area is 157 Å². The van der Waals surface area contributed by atoms with Crippen molar-refractivity contribution in [2.45, 2.75) is 50.5 Å². The number of rotatable bonds is 2. The third-order valence-electron chi connectivity index (χ3n) is 5.67. The molecule has 1 aliphatic heterocycles. The third kappa shape index (κ3) is 3.45. The maximum Gasteiger partial charge on any atom is 0.334 e. The van der Waals surface area contributed by atoms with Gasteiger partial charge in [0.25, 0.3) is 5.56 Å². The number of nitrogens with one attached hydrogen (secondary N) is 2. The average Bonchev–Trinajstić information content (AvgIpc) is 2.60. The van der Waals surface area contributed by atoms with Gasteiger partial charge in [0.05, 0.1) is 11.3 Å². The summed E-state index contributed by atoms with van der Waals surface area (Å²) in [5, 5.41) is 3.12. The Hall–Kier alpha value is -2.58. The fourth-order valence-electron chi connectivity index (χ4n) is 4.21. The van der Waals surface area contributed by atoms with E-state index in [-0.39, 0.29) is 36.3 Å². The van der Waals surface area contributed by atoms with Gasteiger partial charge in [0.2, 0.25) is 5.92 Å². The molecule has 2 N–H and O–H groups in total. The zero-order valence-corrected chi connectivity index (χ0v) is 14.9. The van der Waals surface area contributed by atoms with Crippen LogP contribution < -0.4 is 16.6 Å². The molecule has 150 valence electrons. The number of aromatic nitrogens is 2. The van der Waals surface area contributed by atoms with Crippen LogP contribution in [0.15, 0.2) is 27.8 Å². The number of alkyl halides is 2. The summed E-state index contributed by atoms with van der Waals surface area (Å²) >= 11 is 0. The summed E-state index contributed by atoms with van der Waals surface area (Å²) in [5.41, 5.74) is -1.35. The maximum atomic E-state index is 13.5. The molecule has 1 aromatic carbocycles. The monoisotopic (exact) mass is 397 g/mol. The topological polar surface area (TPSA) is 66.9 Å². The molecule has 4 rings (SSSR count). The summed E-state index contributed by atoms with van der Waals surface area (Å²) in [7, 11) is 0. The number of fused-ring (bicyclic) bond motifs is 1. The summed E-state index contributed by atoms with van der Waals surface area (Å²) in [4.78, 5) is 27.8. The van der Waals surface area contributed by atoms with Crippen molar-refractivity contribution < 1.29 is 17.6 Å². The van der Waals surface area contributed by atoms with Crippen molar-refractivity contribution in [2.24, 2.45) is 5.92 Å². The molecule has 1 fully saturated rings. The number of hydrogen-bond acceptors (Lipinski definition) is 3. The fourth-order valence-corrected chi connectivity index (χ4v) is 4.21. The molecule has 2 aromatic rings. The molecule has 1 aromatic heterocycles. The smallest absolute Gasteiger partial charge is 0.334 e. The van der Waals surface area contributed by atoms with E-state index in [0.29, 0.717) is 41.9 Å². The van der Waals surface area contributed by atoms with Gasteiger partial charge in [-0.25, -0.2) is 26.9 Å². The minimum atomic E-state index is -2.62. The van der Waals surface area contributed by atoms with Crippen molar-refractivity contribution in [1.82, 2.24) is 9.55 Å². The molecular weight excluding hydrogens is 378 g/mol. The van der Waals surface area contributed by atoms with Crippen LogP contribution in [0.25, 0.3) is 5.69 Å². The van der Waals surface area contributed by atoms with E-state index in [1.54, 1.807) is 0 Å². The molecule has 1 aliphatic carbocycles. The lowest BCUT2D eigenvalue weighted by atomic mass is 9.79. The van der Waals surface area contributed by atoms with E-state index in [1.807, 2.05) is 0 Å². The molecular formula is C19H19F4N3O2. The highest BCUT2D eigenvalue weighted by molar-refractivity contribution is 5.48. The summed E-state index contributed by atoms with van der Waals surface area (Å²) in [5.74, 6) is -4.11. The average molecular weight is 397 g/mol. The second kappa shape index (κ2) is 6.79. The standard InChI is InChI=1S/C19H19F4N3O2/c20-11-7-12(21)9-13(8-11)26-17(27)14-1-2-15(24-16(14)25-18(26)28)10-3-5-19(22,23)6-4-10/h7-10,15,24H,1-6H2,(H,25,28). The first-order valence-electron chi connectivity index (χ1n) is 9.22. The number of anilines is 1. The van der Waals surface area contributed by atoms with E-state index in [4.69, 9.17) is 0 Å². The molecule has 0 spiro atoms. The van der Waals surface area contributed by atoms with Crippen molar-refractivity contribution in [3.63, 3.8) is 0 Å². The Morgan fingerprint density at radius 3 is 2.29 bits per heavy atom. The van der Waals surface area contributed by atoms with Crippen LogP contribution in [0.1, 0.15) is 37.7 Å². The van der Waals surface area contributed by atoms with Crippen molar-refractivity contribution in [2.75, 3.05) is 5.32 Å². The minimum Gasteiger partial charge on any atom is -0.368 e. The molecule has 0 bridgehead atoms. The fraction of sp³-hybridized carbons (Fsp3) is 0.474. The Bertz CT molecular complexity index is 1000. The predicted octanol–water partition coefficient (Wildman–Crippen LogP) is 3.36. The van der Waals surface area contributed by atoms with Crippen LogP contribution in [0.3, 0.4) is 0 Å². The Morgan fingerprint density at radius 2 is 1.64 bits per heavy atom. The van der Waals surface area contributed by atoms with E-state index < -0.39 is 28.8 Å². The minimum absolute atomic E-state index is 0.0380. The van der Waals surface area contributed by atoms with Gasteiger partial charge in [0.15, 0.2) is 0 Å². The van der Waals surface area contributed by atoms with E-state index in [1.165, 1.54) is 0 Å². The van der Waals surface area contributed by atoms with Crippen molar-refractivity contribution in [3.05, 3.63) is 56.2 Å². The number of H-pyrrole nitrogens is 1. The van der Waals surface area contributed by atoms with E-state index in [9.17, 15) is 27.2 Å². The molecule has 28 heavy (non-hydrogen) atoms. The van der Waals surface area contributed by atoms with Gasteiger partial charge in [-0.2, -0.15) is 0 Å². The van der Waals surface area contributed by atoms with Crippen LogP contribution in [0.4, 0.5) is 23.4 Å². The van der Waals surface area contributed by atoms with Crippen LogP contribution in [0.5, 0.6) is 0 Å². The molecule has 5 nitrogen and oxygen atoms in total. The predicted molar refractivity (Wildman–Crippen MR) is 95.2 cm³/mol. The molecule has 0 amide bonds. The number of aromatic amines is 1. The van der Waals surface area contributed by atoms with Crippen molar-refractivity contribution in [1.29, 1.82) is 0 Å². The molecule has 2 heterocycles. The van der Waals surface area contributed by atoms with E-state index in [0.717, 1.165) is 12.1 Å². The van der Waals surface area contributed by atoms with Crippen LogP contribution in [0.2, 0.25) is 0 Å². The SMILES string of the molecule is O=c1[nH]c2c(c(=O)n1-c1cc(F)cc(F)c1)CCC(C1CCC(F)(F)CC1)N2. The highest BCUT2D eigenvalue weighted by Gasteiger charge is 2.38. The molecule has 9 heteroatoms. The zero-order valence-electron chi connectivity index (χ0n) is 14.9. The molecule has 0 saturated heterocycles. The van der Waals surface area contributed by atoms with Gasteiger partial charge in [0.1, 0.15) is 17.5 Å². The van der Waals surface area contributed by atoms with Gasteiger partial charge < -0.3 is 5.32 Å². The quantitative estimate of drug-likeness (QED) is 0.764. The normalized spacial score (nSPS) is 21.8. The van der Waals surface area contributed by atoms with Gasteiger partial charge in [-0.3, -0.25) is 9.78 Å².